The van der Waals surface area contributed by atoms with Crippen LogP contribution in [0.2, 0.25) is 0 Å². The molecule has 1 atom stereocenters. The number of hydrogen-bond acceptors (Lipinski definition) is 2. The van der Waals surface area contributed by atoms with Gasteiger partial charge in [-0.05, 0) is 31.6 Å². The van der Waals surface area contributed by atoms with E-state index < -0.39 is 12.0 Å². The predicted octanol–water partition coefficient (Wildman–Crippen LogP) is 1.68. The smallest absolute Gasteiger partial charge is 0.327 e. The summed E-state index contributed by atoms with van der Waals surface area (Å²) in [4.78, 5) is 24.5. The minimum atomic E-state index is -1.10. The van der Waals surface area contributed by atoms with Crippen LogP contribution in [0.25, 0.3) is 0 Å². The molecule has 0 bridgehead atoms. The average molecular weight is 266 g/mol. The van der Waals surface area contributed by atoms with Gasteiger partial charge >= 0.3 is 12.0 Å². The van der Waals surface area contributed by atoms with E-state index in [2.05, 4.69) is 18.2 Å². The number of nitrogens with one attached hydrogen (secondary N) is 1. The summed E-state index contributed by atoms with van der Waals surface area (Å²) in [5.41, 5.74) is 0. The lowest BCUT2D eigenvalue weighted by atomic mass is 9.87. The van der Waals surface area contributed by atoms with Crippen molar-refractivity contribution in [2.45, 2.75) is 51.1 Å². The molecule has 1 unspecified atom stereocenters. The van der Waals surface area contributed by atoms with Crippen LogP contribution in [0.5, 0.6) is 0 Å². The standard InChI is InChI=1S/C14H22N2O3/c1-4-5-12(13(17)18)15-14(19)16(3)11-8-6-10(2)7-9-11/h1,10-12H,5-9H2,2-3H3,(H,15,19)(H,17,18). The SMILES string of the molecule is C#CCC(NC(=O)N(C)C1CCC(C)CC1)C(=O)O. The quantitative estimate of drug-likeness (QED) is 0.761. The van der Waals surface area contributed by atoms with Crippen LogP contribution in [-0.4, -0.2) is 41.1 Å². The second kappa shape index (κ2) is 7.03. The molecule has 5 nitrogen and oxygen atoms in total. The first kappa shape index (κ1) is 15.4. The molecule has 0 heterocycles. The highest BCUT2D eigenvalue weighted by atomic mass is 16.4. The maximum absolute atomic E-state index is 12.0. The molecular formula is C14H22N2O3. The molecule has 1 rings (SSSR count). The van der Waals surface area contributed by atoms with Crippen molar-refractivity contribution >= 4 is 12.0 Å². The second-order valence-corrected chi connectivity index (χ2v) is 5.27. The van der Waals surface area contributed by atoms with E-state index in [1.807, 2.05) is 0 Å². The Kier molecular flexibility index (Phi) is 5.68. The summed E-state index contributed by atoms with van der Waals surface area (Å²) in [5, 5.41) is 11.4. The number of hydrogen-bond donors (Lipinski definition) is 2. The number of carbonyl (C=O) groups is 2. The van der Waals surface area contributed by atoms with E-state index in [-0.39, 0.29) is 18.5 Å². The molecule has 2 amide bonds. The molecule has 0 aromatic carbocycles. The van der Waals surface area contributed by atoms with Crippen molar-refractivity contribution in [3.05, 3.63) is 0 Å². The van der Waals surface area contributed by atoms with Gasteiger partial charge in [0.1, 0.15) is 6.04 Å². The normalized spacial score (nSPS) is 24.1. The van der Waals surface area contributed by atoms with Crippen LogP contribution in [0.1, 0.15) is 39.0 Å². The van der Waals surface area contributed by atoms with Crippen molar-refractivity contribution in [1.29, 1.82) is 0 Å². The Bertz CT molecular complexity index is 367. The van der Waals surface area contributed by atoms with Gasteiger partial charge in [0.2, 0.25) is 0 Å². The molecule has 0 aliphatic heterocycles. The first-order valence-electron chi connectivity index (χ1n) is 6.65. The van der Waals surface area contributed by atoms with Gasteiger partial charge in [0.05, 0.1) is 0 Å². The number of carbonyl (C=O) groups excluding carboxylic acids is 1. The second-order valence-electron chi connectivity index (χ2n) is 5.27. The van der Waals surface area contributed by atoms with Crippen LogP contribution >= 0.6 is 0 Å². The summed E-state index contributed by atoms with van der Waals surface area (Å²) in [6.45, 7) is 2.21. The first-order chi connectivity index (χ1) is 8.95. The lowest BCUT2D eigenvalue weighted by Crippen LogP contribution is -2.50. The van der Waals surface area contributed by atoms with E-state index >= 15 is 0 Å². The van der Waals surface area contributed by atoms with Crippen LogP contribution in [0, 0.1) is 18.3 Å². The molecule has 1 aliphatic rings. The largest absolute Gasteiger partial charge is 0.480 e. The zero-order valence-corrected chi connectivity index (χ0v) is 11.6. The van der Waals surface area contributed by atoms with Gasteiger partial charge in [0.15, 0.2) is 0 Å². The summed E-state index contributed by atoms with van der Waals surface area (Å²) >= 11 is 0. The van der Waals surface area contributed by atoms with E-state index in [9.17, 15) is 9.59 Å². The van der Waals surface area contributed by atoms with Gasteiger partial charge in [0, 0.05) is 19.5 Å². The number of aliphatic carboxylic acids is 1. The average Bonchev–Trinajstić information content (AvgIpc) is 2.38. The molecule has 0 saturated heterocycles. The van der Waals surface area contributed by atoms with Gasteiger partial charge < -0.3 is 15.3 Å². The van der Waals surface area contributed by atoms with Crippen LogP contribution in [0.15, 0.2) is 0 Å². The van der Waals surface area contributed by atoms with Crippen LogP contribution < -0.4 is 5.32 Å². The van der Waals surface area contributed by atoms with Crippen LogP contribution in [0.4, 0.5) is 4.79 Å². The molecule has 106 valence electrons. The maximum Gasteiger partial charge on any atom is 0.327 e. The van der Waals surface area contributed by atoms with Gasteiger partial charge in [-0.25, -0.2) is 9.59 Å². The number of rotatable bonds is 4. The highest BCUT2D eigenvalue weighted by molar-refractivity contribution is 5.82. The van der Waals surface area contributed by atoms with Crippen molar-refractivity contribution in [3.8, 4) is 12.3 Å². The highest BCUT2D eigenvalue weighted by Crippen LogP contribution is 2.26. The Morgan fingerprint density at radius 2 is 2.00 bits per heavy atom. The molecule has 1 aliphatic carbocycles. The Balaban J connectivity index is 2.52. The molecule has 0 radical (unpaired) electrons. The zero-order chi connectivity index (χ0) is 14.4. The van der Waals surface area contributed by atoms with E-state index in [0.29, 0.717) is 5.92 Å². The van der Waals surface area contributed by atoms with E-state index in [0.717, 1.165) is 25.7 Å². The number of carboxylic acid groups (broad SMARTS) is 1. The summed E-state index contributed by atoms with van der Waals surface area (Å²) < 4.78 is 0. The summed E-state index contributed by atoms with van der Waals surface area (Å²) in [7, 11) is 1.71. The summed E-state index contributed by atoms with van der Waals surface area (Å²) in [5.74, 6) is 1.87. The zero-order valence-electron chi connectivity index (χ0n) is 11.6. The molecule has 1 saturated carbocycles. The van der Waals surface area contributed by atoms with Crippen molar-refractivity contribution in [3.63, 3.8) is 0 Å². The lowest BCUT2D eigenvalue weighted by Gasteiger charge is -2.34. The summed E-state index contributed by atoms with van der Waals surface area (Å²) in [6.07, 6.45) is 9.25. The number of urea groups is 1. The molecule has 5 heteroatoms. The van der Waals surface area contributed by atoms with E-state index in [1.165, 1.54) is 0 Å². The molecule has 0 aromatic heterocycles. The van der Waals surface area contributed by atoms with Gasteiger partial charge in [-0.15, -0.1) is 12.3 Å². The Morgan fingerprint density at radius 1 is 1.42 bits per heavy atom. The number of carboxylic acids is 1. The Hall–Kier alpha value is -1.70. The minimum absolute atomic E-state index is 0.00336. The fourth-order valence-electron chi connectivity index (χ4n) is 2.36. The van der Waals surface area contributed by atoms with Gasteiger partial charge in [-0.2, -0.15) is 0 Å². The minimum Gasteiger partial charge on any atom is -0.480 e. The molecule has 1 fully saturated rings. The van der Waals surface area contributed by atoms with E-state index in [1.54, 1.807) is 11.9 Å². The van der Waals surface area contributed by atoms with Crippen molar-refractivity contribution in [2.75, 3.05) is 7.05 Å². The molecule has 2 N–H and O–H groups in total. The van der Waals surface area contributed by atoms with Gasteiger partial charge in [-0.1, -0.05) is 6.92 Å². The third kappa shape index (κ3) is 4.47. The third-order valence-electron chi connectivity index (χ3n) is 3.77. The fraction of sp³-hybridized carbons (Fsp3) is 0.714. The van der Waals surface area contributed by atoms with Crippen LogP contribution in [0.3, 0.4) is 0 Å². The lowest BCUT2D eigenvalue weighted by molar-refractivity contribution is -0.139. The van der Waals surface area contributed by atoms with Crippen LogP contribution in [-0.2, 0) is 4.79 Å². The van der Waals surface area contributed by atoms with Crippen molar-refractivity contribution in [1.82, 2.24) is 10.2 Å². The molecule has 19 heavy (non-hydrogen) atoms. The monoisotopic (exact) mass is 266 g/mol. The molecule has 0 aromatic rings. The van der Waals surface area contributed by atoms with Gasteiger partial charge in [-0.3, -0.25) is 0 Å². The summed E-state index contributed by atoms with van der Waals surface area (Å²) in [6, 6.07) is -1.18. The maximum atomic E-state index is 12.0. The number of amides is 2. The third-order valence-corrected chi connectivity index (χ3v) is 3.77. The molecule has 0 spiro atoms. The Morgan fingerprint density at radius 3 is 2.47 bits per heavy atom. The van der Waals surface area contributed by atoms with Crippen molar-refractivity contribution < 1.29 is 14.7 Å². The first-order valence-corrected chi connectivity index (χ1v) is 6.65. The highest BCUT2D eigenvalue weighted by Gasteiger charge is 2.27. The Labute approximate surface area is 114 Å². The van der Waals surface area contributed by atoms with E-state index in [4.69, 9.17) is 11.5 Å². The topological polar surface area (TPSA) is 69.6 Å². The molecular weight excluding hydrogens is 244 g/mol. The predicted molar refractivity (Wildman–Crippen MR) is 72.6 cm³/mol. The fourth-order valence-corrected chi connectivity index (χ4v) is 2.36. The number of terminal acetylenes is 1. The number of nitrogens with zero attached hydrogens (tertiary/aromatic N) is 1. The van der Waals surface area contributed by atoms with Gasteiger partial charge in [0.25, 0.3) is 0 Å². The van der Waals surface area contributed by atoms with Crippen molar-refractivity contribution in [2.24, 2.45) is 5.92 Å².